The molecule has 0 spiro atoms. The lowest BCUT2D eigenvalue weighted by Gasteiger charge is -2.27. The molecule has 0 saturated heterocycles. The van der Waals surface area contributed by atoms with Gasteiger partial charge in [-0.05, 0) is 39.2 Å². The van der Waals surface area contributed by atoms with Crippen LogP contribution in [0.25, 0.3) is 0 Å². The molecule has 0 radical (unpaired) electrons. The number of nitrogens with two attached hydrogens (primary N) is 1. The standard InChI is InChI=1S/C15H33N3O/c1-7-13(8-2)17-15(19)12(5)18(6)10-9-14(16)11(3)4/h11-14H,7-10,16H2,1-6H3,(H,17,19). The van der Waals surface area contributed by atoms with Crippen LogP contribution in [0.5, 0.6) is 0 Å². The Hall–Kier alpha value is -0.610. The molecule has 114 valence electrons. The van der Waals surface area contributed by atoms with Gasteiger partial charge in [0.15, 0.2) is 0 Å². The average Bonchev–Trinajstić information content (AvgIpc) is 2.40. The van der Waals surface area contributed by atoms with Crippen molar-refractivity contribution in [1.82, 2.24) is 10.2 Å². The number of rotatable bonds is 9. The Bertz CT molecular complexity index is 252. The molecule has 0 heterocycles. The van der Waals surface area contributed by atoms with Gasteiger partial charge in [0.05, 0.1) is 6.04 Å². The van der Waals surface area contributed by atoms with Crippen LogP contribution in [0.3, 0.4) is 0 Å². The first-order chi connectivity index (χ1) is 8.83. The number of nitrogens with zero attached hydrogens (tertiary/aromatic N) is 1. The molecule has 0 bridgehead atoms. The number of nitrogens with one attached hydrogen (secondary N) is 1. The predicted molar refractivity (Wildman–Crippen MR) is 82.0 cm³/mol. The summed E-state index contributed by atoms with van der Waals surface area (Å²) in [5, 5.41) is 3.10. The van der Waals surface area contributed by atoms with Gasteiger partial charge >= 0.3 is 0 Å². The highest BCUT2D eigenvalue weighted by atomic mass is 16.2. The smallest absolute Gasteiger partial charge is 0.237 e. The minimum atomic E-state index is -0.0973. The zero-order valence-corrected chi connectivity index (χ0v) is 13.6. The summed E-state index contributed by atoms with van der Waals surface area (Å²) in [5.74, 6) is 0.608. The maximum absolute atomic E-state index is 12.1. The van der Waals surface area contributed by atoms with E-state index in [9.17, 15) is 4.79 Å². The number of carbonyl (C=O) groups excluding carboxylic acids is 1. The highest BCUT2D eigenvalue weighted by molar-refractivity contribution is 5.81. The molecule has 0 saturated carbocycles. The fraction of sp³-hybridized carbons (Fsp3) is 0.933. The van der Waals surface area contributed by atoms with E-state index in [0.717, 1.165) is 25.8 Å². The van der Waals surface area contributed by atoms with E-state index in [-0.39, 0.29) is 18.0 Å². The van der Waals surface area contributed by atoms with Gasteiger partial charge < -0.3 is 11.1 Å². The second-order valence-corrected chi connectivity index (χ2v) is 5.88. The van der Waals surface area contributed by atoms with E-state index in [1.165, 1.54) is 0 Å². The van der Waals surface area contributed by atoms with Crippen LogP contribution in [-0.2, 0) is 4.79 Å². The van der Waals surface area contributed by atoms with Gasteiger partial charge in [0.25, 0.3) is 0 Å². The number of hydrogen-bond acceptors (Lipinski definition) is 3. The normalized spacial score (nSPS) is 15.1. The Labute approximate surface area is 119 Å². The summed E-state index contributed by atoms with van der Waals surface area (Å²) in [6.45, 7) is 11.3. The molecule has 3 N–H and O–H groups in total. The quantitative estimate of drug-likeness (QED) is 0.674. The van der Waals surface area contributed by atoms with Crippen LogP contribution in [0.1, 0.15) is 53.9 Å². The van der Waals surface area contributed by atoms with Crippen molar-refractivity contribution in [3.8, 4) is 0 Å². The monoisotopic (exact) mass is 271 g/mol. The second-order valence-electron chi connectivity index (χ2n) is 5.88. The van der Waals surface area contributed by atoms with E-state index in [4.69, 9.17) is 5.73 Å². The van der Waals surface area contributed by atoms with Gasteiger partial charge in [0, 0.05) is 18.6 Å². The summed E-state index contributed by atoms with van der Waals surface area (Å²) >= 11 is 0. The number of likely N-dealkylation sites (N-methyl/N-ethyl adjacent to an activating group) is 1. The fourth-order valence-electron chi connectivity index (χ4n) is 1.89. The molecule has 0 aliphatic heterocycles. The Morgan fingerprint density at radius 2 is 1.74 bits per heavy atom. The summed E-state index contributed by atoms with van der Waals surface area (Å²) < 4.78 is 0. The van der Waals surface area contributed by atoms with Crippen LogP contribution in [0.15, 0.2) is 0 Å². The minimum absolute atomic E-state index is 0.0973. The van der Waals surface area contributed by atoms with Gasteiger partial charge in [-0.15, -0.1) is 0 Å². The van der Waals surface area contributed by atoms with Crippen LogP contribution in [0.4, 0.5) is 0 Å². The lowest BCUT2D eigenvalue weighted by atomic mass is 10.0. The summed E-state index contributed by atoms with van der Waals surface area (Å²) in [5.41, 5.74) is 6.04. The molecular formula is C15H33N3O. The summed E-state index contributed by atoms with van der Waals surface area (Å²) in [6.07, 6.45) is 2.89. The Morgan fingerprint density at radius 1 is 1.21 bits per heavy atom. The van der Waals surface area contributed by atoms with Gasteiger partial charge in [-0.25, -0.2) is 0 Å². The Balaban J connectivity index is 4.17. The van der Waals surface area contributed by atoms with Crippen molar-refractivity contribution in [2.24, 2.45) is 11.7 Å². The van der Waals surface area contributed by atoms with E-state index >= 15 is 0 Å². The van der Waals surface area contributed by atoms with Gasteiger partial charge in [-0.1, -0.05) is 27.7 Å². The van der Waals surface area contributed by atoms with Crippen molar-refractivity contribution < 1.29 is 4.79 Å². The number of amides is 1. The maximum atomic E-state index is 12.1. The highest BCUT2D eigenvalue weighted by Gasteiger charge is 2.20. The zero-order chi connectivity index (χ0) is 15.0. The third-order valence-electron chi connectivity index (χ3n) is 4.04. The first-order valence-electron chi connectivity index (χ1n) is 7.59. The molecule has 4 nitrogen and oxygen atoms in total. The predicted octanol–water partition coefficient (Wildman–Crippen LogP) is 1.98. The average molecular weight is 271 g/mol. The van der Waals surface area contributed by atoms with Gasteiger partial charge in [0.2, 0.25) is 5.91 Å². The molecule has 0 fully saturated rings. The third kappa shape index (κ3) is 6.92. The molecule has 4 heteroatoms. The molecular weight excluding hydrogens is 238 g/mol. The summed E-state index contributed by atoms with van der Waals surface area (Å²) in [7, 11) is 1.99. The van der Waals surface area contributed by atoms with Crippen molar-refractivity contribution in [3.63, 3.8) is 0 Å². The zero-order valence-electron chi connectivity index (χ0n) is 13.6. The highest BCUT2D eigenvalue weighted by Crippen LogP contribution is 2.06. The van der Waals surface area contributed by atoms with Crippen molar-refractivity contribution >= 4 is 5.91 Å². The number of hydrogen-bond donors (Lipinski definition) is 2. The van der Waals surface area contributed by atoms with Gasteiger partial charge in [0.1, 0.15) is 0 Å². The first kappa shape index (κ1) is 18.4. The number of carbonyl (C=O) groups is 1. The molecule has 0 aromatic rings. The molecule has 0 aromatic heterocycles. The van der Waals surface area contributed by atoms with Crippen LogP contribution in [0.2, 0.25) is 0 Å². The molecule has 0 aromatic carbocycles. The van der Waals surface area contributed by atoms with E-state index in [2.05, 4.69) is 37.9 Å². The van der Waals surface area contributed by atoms with Crippen molar-refractivity contribution in [1.29, 1.82) is 0 Å². The van der Waals surface area contributed by atoms with E-state index in [1.807, 2.05) is 14.0 Å². The molecule has 19 heavy (non-hydrogen) atoms. The van der Waals surface area contributed by atoms with Crippen molar-refractivity contribution in [2.75, 3.05) is 13.6 Å². The maximum Gasteiger partial charge on any atom is 0.237 e. The minimum Gasteiger partial charge on any atom is -0.352 e. The van der Waals surface area contributed by atoms with Gasteiger partial charge in [-0.2, -0.15) is 0 Å². The lowest BCUT2D eigenvalue weighted by Crippen LogP contribution is -2.47. The summed E-state index contributed by atoms with van der Waals surface area (Å²) in [4.78, 5) is 14.2. The largest absolute Gasteiger partial charge is 0.352 e. The molecule has 2 unspecified atom stereocenters. The fourth-order valence-corrected chi connectivity index (χ4v) is 1.89. The first-order valence-corrected chi connectivity index (χ1v) is 7.59. The molecule has 1 amide bonds. The van der Waals surface area contributed by atoms with Crippen LogP contribution in [-0.4, -0.2) is 42.5 Å². The van der Waals surface area contributed by atoms with Crippen LogP contribution in [0, 0.1) is 5.92 Å². The lowest BCUT2D eigenvalue weighted by molar-refractivity contribution is -0.126. The van der Waals surface area contributed by atoms with Crippen molar-refractivity contribution in [2.45, 2.75) is 72.0 Å². The molecule has 0 rings (SSSR count). The SMILES string of the molecule is CCC(CC)NC(=O)C(C)N(C)CCC(N)C(C)C. The van der Waals surface area contributed by atoms with Gasteiger partial charge in [-0.3, -0.25) is 9.69 Å². The molecule has 2 atom stereocenters. The molecule has 0 aliphatic carbocycles. The van der Waals surface area contributed by atoms with Crippen LogP contribution < -0.4 is 11.1 Å². The Morgan fingerprint density at radius 3 is 2.16 bits per heavy atom. The van der Waals surface area contributed by atoms with E-state index < -0.39 is 0 Å². The second kappa shape index (κ2) is 9.32. The third-order valence-corrected chi connectivity index (χ3v) is 4.04. The van der Waals surface area contributed by atoms with E-state index in [1.54, 1.807) is 0 Å². The molecule has 0 aliphatic rings. The summed E-state index contributed by atoms with van der Waals surface area (Å²) in [6, 6.07) is 0.401. The topological polar surface area (TPSA) is 58.4 Å². The van der Waals surface area contributed by atoms with Crippen molar-refractivity contribution in [3.05, 3.63) is 0 Å². The van der Waals surface area contributed by atoms with Crippen LogP contribution >= 0.6 is 0 Å². The Kier molecular flexibility index (Phi) is 9.02. The van der Waals surface area contributed by atoms with E-state index in [0.29, 0.717) is 12.0 Å².